The molecule has 1 N–H and O–H groups in total. The fraction of sp³-hybridized carbons (Fsp3) is 0.727. The van der Waals surface area contributed by atoms with Crippen LogP contribution in [-0.4, -0.2) is 27.9 Å². The van der Waals surface area contributed by atoms with Gasteiger partial charge in [0.05, 0.1) is 5.75 Å². The van der Waals surface area contributed by atoms with Crippen LogP contribution in [0.1, 0.15) is 45.9 Å². The first-order valence-corrected chi connectivity index (χ1v) is 6.77. The SMILES string of the molecule is CC[C@@H](C)NC(=O)CSc1nnc(C(C)C)o1. The lowest BCUT2D eigenvalue weighted by atomic mass is 10.2. The van der Waals surface area contributed by atoms with Crippen molar-refractivity contribution in [1.29, 1.82) is 0 Å². The number of rotatable bonds is 6. The molecule has 1 heterocycles. The standard InChI is InChI=1S/C11H19N3O2S/c1-5-8(4)12-9(15)6-17-11-14-13-10(16-11)7(2)3/h7-8H,5-6H2,1-4H3,(H,12,15)/t8-/m1/s1. The maximum Gasteiger partial charge on any atom is 0.277 e. The van der Waals surface area contributed by atoms with Crippen LogP contribution in [0.3, 0.4) is 0 Å². The van der Waals surface area contributed by atoms with Crippen LogP contribution in [0.2, 0.25) is 0 Å². The summed E-state index contributed by atoms with van der Waals surface area (Å²) in [5, 5.41) is 11.1. The summed E-state index contributed by atoms with van der Waals surface area (Å²) in [4.78, 5) is 11.5. The van der Waals surface area contributed by atoms with Crippen molar-refractivity contribution >= 4 is 17.7 Å². The molecular weight excluding hydrogens is 238 g/mol. The van der Waals surface area contributed by atoms with Gasteiger partial charge in [-0.1, -0.05) is 32.5 Å². The lowest BCUT2D eigenvalue weighted by Crippen LogP contribution is -2.33. The van der Waals surface area contributed by atoms with E-state index in [9.17, 15) is 4.79 Å². The van der Waals surface area contributed by atoms with Gasteiger partial charge in [-0.2, -0.15) is 0 Å². The van der Waals surface area contributed by atoms with E-state index in [1.54, 1.807) is 0 Å². The molecule has 0 saturated carbocycles. The van der Waals surface area contributed by atoms with Crippen molar-refractivity contribution in [3.05, 3.63) is 5.89 Å². The molecule has 1 atom stereocenters. The van der Waals surface area contributed by atoms with Gasteiger partial charge in [-0.3, -0.25) is 4.79 Å². The summed E-state index contributed by atoms with van der Waals surface area (Å²) in [5.41, 5.74) is 0. The Kier molecular flexibility index (Phi) is 5.47. The number of hydrogen-bond donors (Lipinski definition) is 1. The largest absolute Gasteiger partial charge is 0.416 e. The molecule has 0 aliphatic carbocycles. The van der Waals surface area contributed by atoms with Gasteiger partial charge in [-0.15, -0.1) is 10.2 Å². The van der Waals surface area contributed by atoms with Crippen LogP contribution < -0.4 is 5.32 Å². The van der Waals surface area contributed by atoms with Gasteiger partial charge in [0, 0.05) is 12.0 Å². The molecule has 17 heavy (non-hydrogen) atoms. The van der Waals surface area contributed by atoms with Gasteiger partial charge in [0.2, 0.25) is 11.8 Å². The van der Waals surface area contributed by atoms with Gasteiger partial charge in [-0.25, -0.2) is 0 Å². The summed E-state index contributed by atoms with van der Waals surface area (Å²) in [6.45, 7) is 7.98. The molecule has 6 heteroatoms. The summed E-state index contributed by atoms with van der Waals surface area (Å²) in [5.74, 6) is 1.12. The summed E-state index contributed by atoms with van der Waals surface area (Å²) in [7, 11) is 0. The Morgan fingerprint density at radius 2 is 2.12 bits per heavy atom. The first-order chi connectivity index (χ1) is 8.02. The topological polar surface area (TPSA) is 68.0 Å². The number of nitrogens with one attached hydrogen (secondary N) is 1. The predicted octanol–water partition coefficient (Wildman–Crippen LogP) is 2.20. The Bertz CT molecular complexity index is 365. The van der Waals surface area contributed by atoms with Gasteiger partial charge in [0.1, 0.15) is 0 Å². The quantitative estimate of drug-likeness (QED) is 0.791. The smallest absolute Gasteiger partial charge is 0.277 e. The molecule has 0 aliphatic rings. The van der Waals surface area contributed by atoms with E-state index < -0.39 is 0 Å². The van der Waals surface area contributed by atoms with E-state index >= 15 is 0 Å². The highest BCUT2D eigenvalue weighted by Gasteiger charge is 2.12. The van der Waals surface area contributed by atoms with Crippen molar-refractivity contribution in [3.63, 3.8) is 0 Å². The van der Waals surface area contributed by atoms with E-state index in [1.165, 1.54) is 11.8 Å². The van der Waals surface area contributed by atoms with Gasteiger partial charge >= 0.3 is 0 Å². The molecule has 0 spiro atoms. The van der Waals surface area contributed by atoms with E-state index in [1.807, 2.05) is 27.7 Å². The minimum absolute atomic E-state index is 0.00588. The molecule has 0 radical (unpaired) electrons. The molecule has 1 amide bonds. The third-order valence-corrected chi connectivity index (χ3v) is 3.08. The molecule has 0 aromatic carbocycles. The fourth-order valence-electron chi connectivity index (χ4n) is 1.06. The van der Waals surface area contributed by atoms with E-state index in [-0.39, 0.29) is 17.9 Å². The van der Waals surface area contributed by atoms with E-state index in [4.69, 9.17) is 4.42 Å². The summed E-state index contributed by atoms with van der Waals surface area (Å²) in [6, 6.07) is 0.206. The number of thioether (sulfide) groups is 1. The second-order valence-corrected chi connectivity index (χ2v) is 5.15. The molecular formula is C11H19N3O2S. The maximum absolute atomic E-state index is 11.5. The molecule has 0 aliphatic heterocycles. The first-order valence-electron chi connectivity index (χ1n) is 5.78. The van der Waals surface area contributed by atoms with Crippen LogP contribution in [0.15, 0.2) is 9.64 Å². The number of nitrogens with zero attached hydrogens (tertiary/aromatic N) is 2. The van der Waals surface area contributed by atoms with E-state index in [0.717, 1.165) is 6.42 Å². The van der Waals surface area contributed by atoms with Gasteiger partial charge < -0.3 is 9.73 Å². The van der Waals surface area contributed by atoms with Gasteiger partial charge in [-0.05, 0) is 13.3 Å². The van der Waals surface area contributed by atoms with Crippen LogP contribution in [0, 0.1) is 0 Å². The number of carbonyl (C=O) groups is 1. The maximum atomic E-state index is 11.5. The Balaban J connectivity index is 2.37. The highest BCUT2D eigenvalue weighted by molar-refractivity contribution is 7.99. The van der Waals surface area contributed by atoms with Gasteiger partial charge in [0.25, 0.3) is 5.22 Å². The molecule has 96 valence electrons. The van der Waals surface area contributed by atoms with Crippen molar-refractivity contribution < 1.29 is 9.21 Å². The van der Waals surface area contributed by atoms with Crippen LogP contribution in [-0.2, 0) is 4.79 Å². The zero-order valence-corrected chi connectivity index (χ0v) is 11.5. The van der Waals surface area contributed by atoms with Crippen LogP contribution in [0.25, 0.3) is 0 Å². The summed E-state index contributed by atoms with van der Waals surface area (Å²) in [6.07, 6.45) is 0.925. The average Bonchev–Trinajstić information content (AvgIpc) is 2.75. The fourth-order valence-corrected chi connectivity index (χ4v) is 1.64. The molecule has 1 aromatic heterocycles. The van der Waals surface area contributed by atoms with E-state index in [2.05, 4.69) is 15.5 Å². The molecule has 0 bridgehead atoms. The molecule has 0 fully saturated rings. The normalized spacial score (nSPS) is 12.8. The van der Waals surface area contributed by atoms with Crippen molar-refractivity contribution in [2.75, 3.05) is 5.75 Å². The number of hydrogen-bond acceptors (Lipinski definition) is 5. The van der Waals surface area contributed by atoms with Crippen molar-refractivity contribution in [2.24, 2.45) is 0 Å². The number of amides is 1. The van der Waals surface area contributed by atoms with Crippen LogP contribution >= 0.6 is 11.8 Å². The molecule has 0 unspecified atom stereocenters. The van der Waals surface area contributed by atoms with Crippen molar-refractivity contribution in [1.82, 2.24) is 15.5 Å². The minimum atomic E-state index is -0.00588. The highest BCUT2D eigenvalue weighted by atomic mass is 32.2. The van der Waals surface area contributed by atoms with Crippen molar-refractivity contribution in [2.45, 2.75) is 51.3 Å². The Labute approximate surface area is 106 Å². The molecule has 1 rings (SSSR count). The zero-order chi connectivity index (χ0) is 12.8. The minimum Gasteiger partial charge on any atom is -0.416 e. The van der Waals surface area contributed by atoms with E-state index in [0.29, 0.717) is 16.9 Å². The second-order valence-electron chi connectivity index (χ2n) is 4.23. The highest BCUT2D eigenvalue weighted by Crippen LogP contribution is 2.19. The molecule has 1 aromatic rings. The monoisotopic (exact) mass is 257 g/mol. The zero-order valence-electron chi connectivity index (χ0n) is 10.7. The Hall–Kier alpha value is -1.04. The third-order valence-electron chi connectivity index (χ3n) is 2.26. The van der Waals surface area contributed by atoms with Gasteiger partial charge in [0.15, 0.2) is 0 Å². The lowest BCUT2D eigenvalue weighted by molar-refractivity contribution is -0.119. The molecule has 0 saturated heterocycles. The van der Waals surface area contributed by atoms with Crippen molar-refractivity contribution in [3.8, 4) is 0 Å². The first kappa shape index (κ1) is 14.0. The predicted molar refractivity (Wildman–Crippen MR) is 67.0 cm³/mol. The summed E-state index contributed by atoms with van der Waals surface area (Å²) < 4.78 is 5.39. The summed E-state index contributed by atoms with van der Waals surface area (Å²) >= 11 is 1.27. The second kappa shape index (κ2) is 6.64. The van der Waals surface area contributed by atoms with Crippen LogP contribution in [0.4, 0.5) is 0 Å². The Morgan fingerprint density at radius 3 is 2.65 bits per heavy atom. The third kappa shape index (κ3) is 4.77. The van der Waals surface area contributed by atoms with Crippen LogP contribution in [0.5, 0.6) is 0 Å². The Morgan fingerprint density at radius 1 is 1.41 bits per heavy atom. The molecule has 5 nitrogen and oxygen atoms in total. The number of carbonyl (C=O) groups excluding carboxylic acids is 1. The number of aromatic nitrogens is 2. The lowest BCUT2D eigenvalue weighted by Gasteiger charge is -2.09. The average molecular weight is 257 g/mol.